The van der Waals surface area contributed by atoms with Gasteiger partial charge in [0.1, 0.15) is 5.75 Å². The first kappa shape index (κ1) is 15.3. The average molecular weight is 309 g/mol. The van der Waals surface area contributed by atoms with Gasteiger partial charge in [-0.25, -0.2) is 0 Å². The van der Waals surface area contributed by atoms with Crippen molar-refractivity contribution < 1.29 is 14.3 Å². The summed E-state index contributed by atoms with van der Waals surface area (Å²) in [7, 11) is 0. The molecule has 2 aromatic carbocycles. The highest BCUT2D eigenvalue weighted by atomic mass is 16.5. The van der Waals surface area contributed by atoms with Crippen LogP contribution in [0, 0.1) is 5.92 Å². The maximum absolute atomic E-state index is 11.7. The number of amides is 1. The molecule has 0 spiro atoms. The zero-order chi connectivity index (χ0) is 16.4. The van der Waals surface area contributed by atoms with Crippen LogP contribution >= 0.6 is 0 Å². The van der Waals surface area contributed by atoms with Gasteiger partial charge in [0.2, 0.25) is 5.91 Å². The van der Waals surface area contributed by atoms with Crippen molar-refractivity contribution in [3.8, 4) is 16.9 Å². The number of nitrogens with one attached hydrogen (secondary N) is 1. The van der Waals surface area contributed by atoms with Crippen molar-refractivity contribution >= 4 is 17.6 Å². The van der Waals surface area contributed by atoms with Crippen molar-refractivity contribution in [1.82, 2.24) is 0 Å². The van der Waals surface area contributed by atoms with Gasteiger partial charge in [-0.3, -0.25) is 9.59 Å². The number of anilines is 1. The minimum Gasteiger partial charge on any atom is -0.426 e. The average Bonchev–Trinajstić information content (AvgIpc) is 2.54. The Morgan fingerprint density at radius 1 is 1.09 bits per heavy atom. The fourth-order valence-corrected chi connectivity index (χ4v) is 2.54. The normalized spacial score (nSPS) is 13.4. The van der Waals surface area contributed by atoms with Gasteiger partial charge in [0.25, 0.3) is 0 Å². The standard InChI is InChI=1S/C19H19NO3/c1-12(2)19(22)23-16-5-3-4-13(11-16)14-6-8-17-15(10-14)7-9-18(21)20-17/h3-6,8,10-12H,7,9H2,1-2H3,(H,20,21). The highest BCUT2D eigenvalue weighted by Crippen LogP contribution is 2.30. The summed E-state index contributed by atoms with van der Waals surface area (Å²) in [4.78, 5) is 23.1. The summed E-state index contributed by atoms with van der Waals surface area (Å²) >= 11 is 0. The molecular weight excluding hydrogens is 290 g/mol. The van der Waals surface area contributed by atoms with Crippen molar-refractivity contribution in [2.45, 2.75) is 26.7 Å². The highest BCUT2D eigenvalue weighted by molar-refractivity contribution is 5.94. The summed E-state index contributed by atoms with van der Waals surface area (Å²) < 4.78 is 5.37. The molecule has 0 saturated heterocycles. The van der Waals surface area contributed by atoms with Crippen molar-refractivity contribution in [2.75, 3.05) is 5.32 Å². The molecule has 4 nitrogen and oxygen atoms in total. The van der Waals surface area contributed by atoms with Gasteiger partial charge in [0.15, 0.2) is 0 Å². The lowest BCUT2D eigenvalue weighted by molar-refractivity contribution is -0.137. The molecule has 1 heterocycles. The summed E-state index contributed by atoms with van der Waals surface area (Å²) in [6, 6.07) is 13.5. The predicted octanol–water partition coefficient (Wildman–Crippen LogP) is 3.80. The number of carbonyl (C=O) groups is 2. The molecule has 3 rings (SSSR count). The molecular formula is C19H19NO3. The van der Waals surface area contributed by atoms with E-state index in [4.69, 9.17) is 4.74 Å². The van der Waals surface area contributed by atoms with Crippen molar-refractivity contribution in [2.24, 2.45) is 5.92 Å². The molecule has 0 radical (unpaired) electrons. The number of aryl methyl sites for hydroxylation is 1. The van der Waals surface area contributed by atoms with Crippen LogP contribution in [-0.4, -0.2) is 11.9 Å². The fraction of sp³-hybridized carbons (Fsp3) is 0.263. The Labute approximate surface area is 135 Å². The summed E-state index contributed by atoms with van der Waals surface area (Å²) in [5, 5.41) is 2.88. The number of benzene rings is 2. The Balaban J connectivity index is 1.87. The lowest BCUT2D eigenvalue weighted by Crippen LogP contribution is -2.18. The highest BCUT2D eigenvalue weighted by Gasteiger charge is 2.15. The van der Waals surface area contributed by atoms with Crippen LogP contribution in [0.3, 0.4) is 0 Å². The van der Waals surface area contributed by atoms with Crippen LogP contribution in [0.25, 0.3) is 11.1 Å². The molecule has 1 aliphatic rings. The van der Waals surface area contributed by atoms with Gasteiger partial charge in [-0.05, 0) is 47.4 Å². The second kappa shape index (κ2) is 6.24. The molecule has 1 N–H and O–H groups in total. The third-order valence-corrected chi connectivity index (χ3v) is 3.86. The van der Waals surface area contributed by atoms with Crippen molar-refractivity contribution in [3.63, 3.8) is 0 Å². The number of ether oxygens (including phenoxy) is 1. The number of hydrogen-bond donors (Lipinski definition) is 1. The molecule has 2 aromatic rings. The lowest BCUT2D eigenvalue weighted by Gasteiger charge is -2.17. The van der Waals surface area contributed by atoms with Crippen LogP contribution < -0.4 is 10.1 Å². The van der Waals surface area contributed by atoms with Gasteiger partial charge >= 0.3 is 5.97 Å². The molecule has 0 fully saturated rings. The van der Waals surface area contributed by atoms with Crippen LogP contribution in [-0.2, 0) is 16.0 Å². The van der Waals surface area contributed by atoms with E-state index >= 15 is 0 Å². The molecule has 0 bridgehead atoms. The van der Waals surface area contributed by atoms with Gasteiger partial charge in [-0.1, -0.05) is 32.0 Å². The Bertz CT molecular complexity index is 765. The Morgan fingerprint density at radius 3 is 2.65 bits per heavy atom. The van der Waals surface area contributed by atoms with Gasteiger partial charge in [-0.2, -0.15) is 0 Å². The van der Waals surface area contributed by atoms with Gasteiger partial charge < -0.3 is 10.1 Å². The summed E-state index contributed by atoms with van der Waals surface area (Å²) in [6.45, 7) is 3.62. The SMILES string of the molecule is CC(C)C(=O)Oc1cccc(-c2ccc3c(c2)CCC(=O)N3)c1. The smallest absolute Gasteiger partial charge is 0.313 e. The van der Waals surface area contributed by atoms with E-state index in [1.165, 1.54) is 0 Å². The van der Waals surface area contributed by atoms with Crippen LogP contribution in [0.4, 0.5) is 5.69 Å². The van der Waals surface area contributed by atoms with Crippen LogP contribution in [0.1, 0.15) is 25.8 Å². The minimum atomic E-state index is -0.240. The lowest BCUT2D eigenvalue weighted by atomic mass is 9.97. The second-order valence-corrected chi connectivity index (χ2v) is 6.02. The molecule has 0 aliphatic carbocycles. The maximum Gasteiger partial charge on any atom is 0.313 e. The van der Waals surface area contributed by atoms with E-state index in [2.05, 4.69) is 11.4 Å². The summed E-state index contributed by atoms with van der Waals surface area (Å²) in [6.07, 6.45) is 1.26. The number of esters is 1. The van der Waals surface area contributed by atoms with Crippen LogP contribution in [0.15, 0.2) is 42.5 Å². The molecule has 118 valence electrons. The third kappa shape index (κ3) is 3.42. The van der Waals surface area contributed by atoms with Crippen molar-refractivity contribution in [1.29, 1.82) is 0 Å². The Hall–Kier alpha value is -2.62. The van der Waals surface area contributed by atoms with Gasteiger partial charge in [-0.15, -0.1) is 0 Å². The molecule has 0 aromatic heterocycles. The molecule has 0 unspecified atom stereocenters. The first-order chi connectivity index (χ1) is 11.0. The predicted molar refractivity (Wildman–Crippen MR) is 89.3 cm³/mol. The molecule has 1 aliphatic heterocycles. The topological polar surface area (TPSA) is 55.4 Å². The molecule has 0 saturated carbocycles. The molecule has 0 atom stereocenters. The Kier molecular flexibility index (Phi) is 4.15. The molecule has 23 heavy (non-hydrogen) atoms. The second-order valence-electron chi connectivity index (χ2n) is 6.02. The van der Waals surface area contributed by atoms with Crippen molar-refractivity contribution in [3.05, 3.63) is 48.0 Å². The van der Waals surface area contributed by atoms with E-state index in [-0.39, 0.29) is 17.8 Å². The zero-order valence-electron chi connectivity index (χ0n) is 13.3. The van der Waals surface area contributed by atoms with E-state index < -0.39 is 0 Å². The third-order valence-electron chi connectivity index (χ3n) is 3.86. The zero-order valence-corrected chi connectivity index (χ0v) is 13.3. The maximum atomic E-state index is 11.7. The Morgan fingerprint density at radius 2 is 1.87 bits per heavy atom. The number of rotatable bonds is 3. The number of hydrogen-bond acceptors (Lipinski definition) is 3. The van der Waals surface area contributed by atoms with Crippen LogP contribution in [0.5, 0.6) is 5.75 Å². The summed E-state index contributed by atoms with van der Waals surface area (Å²) in [5.74, 6) is 0.210. The number of carbonyl (C=O) groups excluding carboxylic acids is 2. The number of fused-ring (bicyclic) bond motifs is 1. The van der Waals surface area contributed by atoms with Gasteiger partial charge in [0, 0.05) is 12.1 Å². The quantitative estimate of drug-likeness (QED) is 0.693. The minimum absolute atomic E-state index is 0.0628. The molecule has 4 heteroatoms. The van der Waals surface area contributed by atoms with E-state index in [1.807, 2.05) is 44.2 Å². The summed E-state index contributed by atoms with van der Waals surface area (Å²) in [5.41, 5.74) is 4.04. The molecule has 1 amide bonds. The monoisotopic (exact) mass is 309 g/mol. The van der Waals surface area contributed by atoms with E-state index in [0.717, 1.165) is 28.8 Å². The largest absolute Gasteiger partial charge is 0.426 e. The van der Waals surface area contributed by atoms with E-state index in [1.54, 1.807) is 6.07 Å². The first-order valence-electron chi connectivity index (χ1n) is 7.78. The van der Waals surface area contributed by atoms with Gasteiger partial charge in [0.05, 0.1) is 5.92 Å². The van der Waals surface area contributed by atoms with E-state index in [0.29, 0.717) is 12.2 Å². The van der Waals surface area contributed by atoms with E-state index in [9.17, 15) is 9.59 Å². The van der Waals surface area contributed by atoms with Crippen LogP contribution in [0.2, 0.25) is 0 Å². The fourth-order valence-electron chi connectivity index (χ4n) is 2.54. The first-order valence-corrected chi connectivity index (χ1v) is 7.78.